The van der Waals surface area contributed by atoms with Crippen molar-refractivity contribution < 1.29 is 23.4 Å². The highest BCUT2D eigenvalue weighted by atomic mass is 35.5. The molecular weight excluding hydrogens is 432 g/mol. The van der Waals surface area contributed by atoms with E-state index in [9.17, 15) is 9.59 Å². The lowest BCUT2D eigenvalue weighted by Gasteiger charge is -2.11. The molecule has 3 aromatic carbocycles. The number of hydrogen-bond donors (Lipinski definition) is 0. The van der Waals surface area contributed by atoms with Crippen LogP contribution in [0.1, 0.15) is 15.9 Å². The Hall–Kier alpha value is -3.77. The molecule has 32 heavy (non-hydrogen) atoms. The van der Waals surface area contributed by atoms with Gasteiger partial charge in [-0.05, 0) is 66.6 Å². The highest BCUT2D eigenvalue weighted by Crippen LogP contribution is 2.31. The average molecular weight is 451 g/mol. The molecular formula is C25H19ClO6. The van der Waals surface area contributed by atoms with Crippen LogP contribution in [0.5, 0.6) is 17.2 Å². The van der Waals surface area contributed by atoms with E-state index < -0.39 is 11.6 Å². The summed E-state index contributed by atoms with van der Waals surface area (Å²) in [4.78, 5) is 25.3. The van der Waals surface area contributed by atoms with E-state index in [-0.39, 0.29) is 0 Å². The predicted octanol–water partition coefficient (Wildman–Crippen LogP) is 5.66. The number of fused-ring (bicyclic) bond motifs is 1. The van der Waals surface area contributed by atoms with Crippen molar-refractivity contribution in [2.45, 2.75) is 6.92 Å². The molecule has 0 fully saturated rings. The molecule has 7 heteroatoms. The fourth-order valence-electron chi connectivity index (χ4n) is 3.47. The zero-order valence-electron chi connectivity index (χ0n) is 17.6. The number of rotatable bonds is 5. The van der Waals surface area contributed by atoms with Crippen molar-refractivity contribution >= 4 is 28.5 Å². The minimum Gasteiger partial charge on any atom is -0.493 e. The largest absolute Gasteiger partial charge is 0.493 e. The van der Waals surface area contributed by atoms with Crippen molar-refractivity contribution in [3.8, 4) is 28.4 Å². The van der Waals surface area contributed by atoms with Crippen LogP contribution in [0.3, 0.4) is 0 Å². The summed E-state index contributed by atoms with van der Waals surface area (Å²) in [6.07, 6.45) is 0. The van der Waals surface area contributed by atoms with Gasteiger partial charge in [0.1, 0.15) is 11.3 Å². The maximum atomic E-state index is 12.7. The van der Waals surface area contributed by atoms with Crippen molar-refractivity contribution in [3.63, 3.8) is 0 Å². The summed E-state index contributed by atoms with van der Waals surface area (Å²) >= 11 is 5.96. The lowest BCUT2D eigenvalue weighted by atomic mass is 9.99. The Morgan fingerprint density at radius 1 is 0.906 bits per heavy atom. The summed E-state index contributed by atoms with van der Waals surface area (Å²) in [6.45, 7) is 1.82. The Kier molecular flexibility index (Phi) is 5.88. The van der Waals surface area contributed by atoms with Crippen LogP contribution in [0.25, 0.3) is 22.1 Å². The number of aryl methyl sites for hydroxylation is 1. The minimum atomic E-state index is -0.557. The second-order valence-electron chi connectivity index (χ2n) is 7.01. The third-order valence-electron chi connectivity index (χ3n) is 5.10. The molecule has 0 aliphatic carbocycles. The molecule has 0 aliphatic heterocycles. The Morgan fingerprint density at radius 2 is 1.62 bits per heavy atom. The van der Waals surface area contributed by atoms with Crippen LogP contribution in [0.4, 0.5) is 0 Å². The van der Waals surface area contributed by atoms with Gasteiger partial charge in [-0.15, -0.1) is 0 Å². The monoisotopic (exact) mass is 450 g/mol. The summed E-state index contributed by atoms with van der Waals surface area (Å²) < 4.78 is 21.5. The van der Waals surface area contributed by atoms with E-state index in [1.54, 1.807) is 60.7 Å². The predicted molar refractivity (Wildman–Crippen MR) is 122 cm³/mol. The Morgan fingerprint density at radius 3 is 2.31 bits per heavy atom. The maximum absolute atomic E-state index is 12.7. The first-order valence-corrected chi connectivity index (χ1v) is 10.1. The van der Waals surface area contributed by atoms with E-state index in [0.717, 1.165) is 0 Å². The molecule has 0 saturated heterocycles. The molecule has 162 valence electrons. The van der Waals surface area contributed by atoms with Gasteiger partial charge in [0.15, 0.2) is 11.5 Å². The molecule has 0 N–H and O–H groups in total. The van der Waals surface area contributed by atoms with E-state index in [0.29, 0.717) is 55.5 Å². The molecule has 1 aromatic heterocycles. The van der Waals surface area contributed by atoms with Crippen molar-refractivity contribution in [3.05, 3.63) is 87.2 Å². The first kappa shape index (κ1) is 21.5. The molecule has 0 amide bonds. The lowest BCUT2D eigenvalue weighted by Crippen LogP contribution is -2.09. The number of halogens is 1. The lowest BCUT2D eigenvalue weighted by molar-refractivity contribution is 0.0734. The fourth-order valence-corrected chi connectivity index (χ4v) is 3.60. The number of esters is 1. The van der Waals surface area contributed by atoms with E-state index in [1.807, 2.05) is 6.92 Å². The third kappa shape index (κ3) is 4.05. The van der Waals surface area contributed by atoms with Gasteiger partial charge in [0, 0.05) is 10.4 Å². The number of methoxy groups -OCH3 is 2. The van der Waals surface area contributed by atoms with Gasteiger partial charge in [-0.2, -0.15) is 0 Å². The molecule has 1 heterocycles. The van der Waals surface area contributed by atoms with E-state index in [2.05, 4.69) is 0 Å². The van der Waals surface area contributed by atoms with Gasteiger partial charge >= 0.3 is 11.6 Å². The molecule has 0 bridgehead atoms. The number of benzene rings is 3. The fraction of sp³-hybridized carbons (Fsp3) is 0.120. The highest BCUT2D eigenvalue weighted by molar-refractivity contribution is 6.30. The Labute approximate surface area is 188 Å². The second-order valence-corrected chi connectivity index (χ2v) is 7.45. The number of ether oxygens (including phenoxy) is 3. The first-order chi connectivity index (χ1) is 15.4. The van der Waals surface area contributed by atoms with Gasteiger partial charge in [-0.3, -0.25) is 0 Å². The summed E-state index contributed by atoms with van der Waals surface area (Å²) in [7, 11) is 3.01. The van der Waals surface area contributed by atoms with Gasteiger partial charge in [0.2, 0.25) is 0 Å². The zero-order chi connectivity index (χ0) is 22.8. The van der Waals surface area contributed by atoms with Crippen LogP contribution < -0.4 is 19.8 Å². The number of carbonyl (C=O) groups is 1. The van der Waals surface area contributed by atoms with Gasteiger partial charge in [-0.1, -0.05) is 23.7 Å². The van der Waals surface area contributed by atoms with Gasteiger partial charge in [0.05, 0.1) is 25.3 Å². The Bertz CT molecular complexity index is 1370. The smallest absolute Gasteiger partial charge is 0.344 e. The molecule has 0 atom stereocenters. The van der Waals surface area contributed by atoms with Gasteiger partial charge < -0.3 is 18.6 Å². The number of hydrogen-bond acceptors (Lipinski definition) is 6. The van der Waals surface area contributed by atoms with Crippen LogP contribution in [-0.2, 0) is 0 Å². The van der Waals surface area contributed by atoms with Crippen molar-refractivity contribution in [2.24, 2.45) is 0 Å². The standard InChI is InChI=1S/C25H19ClO6/c1-14-19-13-18(31-24(27)16-6-10-21(29-2)22(12-16)30-3)9-11-20(19)32-25(28)23(14)15-4-7-17(26)8-5-15/h4-13H,1-3H3. The molecule has 0 radical (unpaired) electrons. The van der Waals surface area contributed by atoms with E-state index in [1.165, 1.54) is 14.2 Å². The average Bonchev–Trinajstić information content (AvgIpc) is 2.80. The zero-order valence-corrected chi connectivity index (χ0v) is 18.4. The van der Waals surface area contributed by atoms with Crippen LogP contribution >= 0.6 is 11.6 Å². The molecule has 4 rings (SSSR count). The molecule has 0 aliphatic rings. The van der Waals surface area contributed by atoms with Crippen LogP contribution in [-0.4, -0.2) is 20.2 Å². The highest BCUT2D eigenvalue weighted by Gasteiger charge is 2.16. The molecule has 0 spiro atoms. The SMILES string of the molecule is COc1ccc(C(=O)Oc2ccc3oc(=O)c(-c4ccc(Cl)cc4)c(C)c3c2)cc1OC. The van der Waals surface area contributed by atoms with Crippen LogP contribution in [0.15, 0.2) is 69.9 Å². The second kappa shape index (κ2) is 8.77. The summed E-state index contributed by atoms with van der Waals surface area (Å²) in [5.74, 6) is 0.690. The molecule has 0 unspecified atom stereocenters. The summed E-state index contributed by atoms with van der Waals surface area (Å²) in [5, 5.41) is 1.23. The van der Waals surface area contributed by atoms with Crippen LogP contribution in [0, 0.1) is 6.92 Å². The topological polar surface area (TPSA) is 75.0 Å². The minimum absolute atomic E-state index is 0.306. The van der Waals surface area contributed by atoms with Crippen molar-refractivity contribution in [2.75, 3.05) is 14.2 Å². The third-order valence-corrected chi connectivity index (χ3v) is 5.35. The molecule has 4 aromatic rings. The Balaban J connectivity index is 1.71. The molecule has 0 saturated carbocycles. The first-order valence-electron chi connectivity index (χ1n) is 9.69. The van der Waals surface area contributed by atoms with Gasteiger partial charge in [-0.25, -0.2) is 9.59 Å². The molecule has 6 nitrogen and oxygen atoms in total. The van der Waals surface area contributed by atoms with Crippen molar-refractivity contribution in [1.29, 1.82) is 0 Å². The van der Waals surface area contributed by atoms with Crippen molar-refractivity contribution in [1.82, 2.24) is 0 Å². The maximum Gasteiger partial charge on any atom is 0.344 e. The quantitative estimate of drug-likeness (QED) is 0.222. The number of carbonyl (C=O) groups excluding carboxylic acids is 1. The summed E-state index contributed by atoms with van der Waals surface area (Å²) in [6, 6.07) is 16.6. The van der Waals surface area contributed by atoms with E-state index in [4.69, 9.17) is 30.2 Å². The normalized spacial score (nSPS) is 10.8. The summed E-state index contributed by atoms with van der Waals surface area (Å²) in [5.41, 5.74) is 2.08. The van der Waals surface area contributed by atoms with Crippen LogP contribution in [0.2, 0.25) is 5.02 Å². The van der Waals surface area contributed by atoms with E-state index >= 15 is 0 Å². The van der Waals surface area contributed by atoms with Gasteiger partial charge in [0.25, 0.3) is 0 Å².